The van der Waals surface area contributed by atoms with Gasteiger partial charge in [0.25, 0.3) is 0 Å². The smallest absolute Gasteiger partial charge is 0.145 e. The lowest BCUT2D eigenvalue weighted by atomic mass is 9.62. The largest absolute Gasteiger partial charge is 0.309 e. The second kappa shape index (κ2) is 11.4. The number of imidazole rings is 1. The number of para-hydroxylation sites is 6. The van der Waals surface area contributed by atoms with Crippen LogP contribution in [0.3, 0.4) is 0 Å². The molecular weight excluding hydrogens is 695 g/mol. The highest BCUT2D eigenvalue weighted by atomic mass is 28.3. The van der Waals surface area contributed by atoms with Crippen LogP contribution in [0.25, 0.3) is 66.7 Å². The van der Waals surface area contributed by atoms with Gasteiger partial charge in [-0.25, -0.2) is 4.98 Å². The normalized spacial score (nSPS) is 16.2. The standard InChI is InChI=1S/C52H37N3Si/c1-56(2)48-26-13-8-20-41(48)52(40-19-7-11-24-46(40)55-45-23-10-6-17-38(45)39-18-14-21-42(52)50(39)55)43-33-36(31-32-49(43)56)34-27-29-35(30-28-34)51-53-44-22-9-12-25-47(44)54(51)37-15-4-3-5-16-37/h3-33H,1-2H3. The van der Waals surface area contributed by atoms with E-state index < -0.39 is 13.5 Å². The molecule has 10 aromatic rings. The molecule has 8 aromatic carbocycles. The maximum absolute atomic E-state index is 5.15. The summed E-state index contributed by atoms with van der Waals surface area (Å²) in [5, 5.41) is 5.62. The van der Waals surface area contributed by atoms with Crippen molar-refractivity contribution in [1.29, 1.82) is 0 Å². The lowest BCUT2D eigenvalue weighted by molar-refractivity contribution is 0.732. The molecule has 0 saturated carbocycles. The van der Waals surface area contributed by atoms with Gasteiger partial charge in [-0.1, -0.05) is 159 Å². The molecule has 0 amide bonds. The van der Waals surface area contributed by atoms with Crippen LogP contribution in [0.5, 0.6) is 0 Å². The van der Waals surface area contributed by atoms with Crippen LogP contribution < -0.4 is 10.4 Å². The maximum atomic E-state index is 5.15. The summed E-state index contributed by atoms with van der Waals surface area (Å²) in [5.74, 6) is 0.944. The molecule has 0 aliphatic carbocycles. The minimum absolute atomic E-state index is 0.495. The van der Waals surface area contributed by atoms with Crippen LogP contribution in [0.15, 0.2) is 188 Å². The first-order valence-corrected chi connectivity index (χ1v) is 22.6. The Morgan fingerprint density at radius 3 is 1.93 bits per heavy atom. The minimum Gasteiger partial charge on any atom is -0.309 e. The average Bonchev–Trinajstić information content (AvgIpc) is 3.81. The lowest BCUT2D eigenvalue weighted by Crippen LogP contribution is -2.63. The highest BCUT2D eigenvalue weighted by molar-refractivity contribution is 7.01. The van der Waals surface area contributed by atoms with Gasteiger partial charge in [0.1, 0.15) is 13.9 Å². The molecule has 2 aliphatic rings. The molecule has 0 bridgehead atoms. The van der Waals surface area contributed by atoms with Crippen LogP contribution in [0.4, 0.5) is 0 Å². The van der Waals surface area contributed by atoms with Crippen molar-refractivity contribution >= 4 is 51.3 Å². The van der Waals surface area contributed by atoms with Crippen LogP contribution in [0.2, 0.25) is 13.1 Å². The van der Waals surface area contributed by atoms with Gasteiger partial charge in [-0.15, -0.1) is 0 Å². The Labute approximate surface area is 326 Å². The van der Waals surface area contributed by atoms with Gasteiger partial charge in [0.05, 0.1) is 33.2 Å². The van der Waals surface area contributed by atoms with Gasteiger partial charge in [-0.2, -0.15) is 0 Å². The predicted octanol–water partition coefficient (Wildman–Crippen LogP) is 11.3. The van der Waals surface area contributed by atoms with Crippen LogP contribution in [0, 0.1) is 0 Å². The van der Waals surface area contributed by atoms with Gasteiger partial charge in [0.15, 0.2) is 0 Å². The van der Waals surface area contributed by atoms with Crippen molar-refractivity contribution in [2.24, 2.45) is 0 Å². The number of nitrogens with zero attached hydrogens (tertiary/aromatic N) is 3. The molecule has 0 radical (unpaired) electrons. The van der Waals surface area contributed by atoms with Crippen molar-refractivity contribution in [3.63, 3.8) is 0 Å². The van der Waals surface area contributed by atoms with E-state index in [0.717, 1.165) is 28.1 Å². The van der Waals surface area contributed by atoms with E-state index in [4.69, 9.17) is 4.98 Å². The highest BCUT2D eigenvalue weighted by Gasteiger charge is 2.53. The van der Waals surface area contributed by atoms with E-state index in [1.165, 1.54) is 71.2 Å². The zero-order chi connectivity index (χ0) is 37.2. The summed E-state index contributed by atoms with van der Waals surface area (Å²) in [6, 6.07) is 69.9. The summed E-state index contributed by atoms with van der Waals surface area (Å²) in [5.41, 5.74) is 15.6. The van der Waals surface area contributed by atoms with Gasteiger partial charge in [-0.3, -0.25) is 4.57 Å². The second-order valence-corrected chi connectivity index (χ2v) is 20.3. The predicted molar refractivity (Wildman–Crippen MR) is 235 cm³/mol. The zero-order valence-electron chi connectivity index (χ0n) is 31.2. The SMILES string of the molecule is C[Si]1(C)c2ccccc2C2(c3ccccc3-n3c4ccccc4c4cccc2c43)c2cc(-c3ccc(-c4nc5ccccc5n4-c4ccccc4)cc3)ccc21. The van der Waals surface area contributed by atoms with Gasteiger partial charge in [-0.05, 0) is 86.2 Å². The Morgan fingerprint density at radius 1 is 0.446 bits per heavy atom. The molecule has 56 heavy (non-hydrogen) atoms. The Hall–Kier alpha value is -6.75. The van der Waals surface area contributed by atoms with E-state index >= 15 is 0 Å². The molecule has 0 N–H and O–H groups in total. The van der Waals surface area contributed by atoms with Crippen molar-refractivity contribution in [1.82, 2.24) is 14.1 Å². The number of rotatable bonds is 3. The average molecular weight is 732 g/mol. The Kier molecular flexibility index (Phi) is 6.42. The lowest BCUT2D eigenvalue weighted by Gasteiger charge is -2.49. The number of hydrogen-bond acceptors (Lipinski definition) is 1. The van der Waals surface area contributed by atoms with Crippen molar-refractivity contribution in [3.8, 4) is 33.9 Å². The number of fused-ring (bicyclic) bond motifs is 12. The molecule has 264 valence electrons. The fourth-order valence-electron chi connectivity index (χ4n) is 10.4. The van der Waals surface area contributed by atoms with E-state index in [1.54, 1.807) is 0 Å². The highest BCUT2D eigenvalue weighted by Crippen LogP contribution is 2.55. The minimum atomic E-state index is -2.12. The fourth-order valence-corrected chi connectivity index (χ4v) is 13.6. The quantitative estimate of drug-likeness (QED) is 0.166. The van der Waals surface area contributed by atoms with E-state index in [0.29, 0.717) is 0 Å². The van der Waals surface area contributed by atoms with Crippen molar-refractivity contribution in [2.45, 2.75) is 18.5 Å². The first kappa shape index (κ1) is 31.6. The first-order chi connectivity index (χ1) is 27.5. The molecule has 1 unspecified atom stereocenters. The van der Waals surface area contributed by atoms with Crippen LogP contribution >= 0.6 is 0 Å². The van der Waals surface area contributed by atoms with Crippen LogP contribution in [-0.2, 0) is 5.41 Å². The third-order valence-corrected chi connectivity index (χ3v) is 16.4. The molecule has 1 atom stereocenters. The van der Waals surface area contributed by atoms with Gasteiger partial charge < -0.3 is 4.57 Å². The molecule has 3 nitrogen and oxygen atoms in total. The van der Waals surface area contributed by atoms with Gasteiger partial charge in [0.2, 0.25) is 0 Å². The first-order valence-electron chi connectivity index (χ1n) is 19.6. The van der Waals surface area contributed by atoms with Gasteiger partial charge >= 0.3 is 0 Å². The van der Waals surface area contributed by atoms with E-state index in [2.05, 4.69) is 210 Å². The Morgan fingerprint density at radius 2 is 1.07 bits per heavy atom. The van der Waals surface area contributed by atoms with E-state index in [-0.39, 0.29) is 0 Å². The van der Waals surface area contributed by atoms with Gasteiger partial charge in [0, 0.05) is 22.0 Å². The summed E-state index contributed by atoms with van der Waals surface area (Å²) in [4.78, 5) is 5.15. The van der Waals surface area contributed by atoms with Crippen LogP contribution in [-0.4, -0.2) is 22.2 Å². The molecule has 4 heteroatoms. The summed E-state index contributed by atoms with van der Waals surface area (Å²) in [7, 11) is -2.12. The summed E-state index contributed by atoms with van der Waals surface area (Å²) in [6.07, 6.45) is 0. The maximum Gasteiger partial charge on any atom is 0.145 e. The number of aromatic nitrogens is 3. The second-order valence-electron chi connectivity index (χ2n) is 15.9. The number of benzene rings is 8. The monoisotopic (exact) mass is 731 g/mol. The summed E-state index contributed by atoms with van der Waals surface area (Å²) >= 11 is 0. The molecular formula is C52H37N3Si. The molecule has 4 heterocycles. The van der Waals surface area contributed by atoms with Crippen molar-refractivity contribution in [3.05, 3.63) is 210 Å². The molecule has 0 saturated heterocycles. The van der Waals surface area contributed by atoms with Crippen molar-refractivity contribution < 1.29 is 0 Å². The zero-order valence-corrected chi connectivity index (χ0v) is 32.2. The number of hydrogen-bond donors (Lipinski definition) is 0. The molecule has 2 aliphatic heterocycles. The fraction of sp³-hybridized carbons (Fsp3) is 0.0577. The summed E-state index contributed by atoms with van der Waals surface area (Å²) < 4.78 is 4.81. The third-order valence-electron chi connectivity index (χ3n) is 12.8. The molecule has 1 spiro atoms. The third kappa shape index (κ3) is 4.04. The Bertz CT molecular complexity index is 3220. The van der Waals surface area contributed by atoms with Crippen LogP contribution in [0.1, 0.15) is 22.3 Å². The molecule has 12 rings (SSSR count). The Balaban J connectivity index is 1.11. The van der Waals surface area contributed by atoms with Crippen molar-refractivity contribution in [2.75, 3.05) is 0 Å². The molecule has 2 aromatic heterocycles. The van der Waals surface area contributed by atoms with E-state index in [1.807, 2.05) is 0 Å². The topological polar surface area (TPSA) is 22.8 Å². The van der Waals surface area contributed by atoms with E-state index in [9.17, 15) is 0 Å². The summed E-state index contributed by atoms with van der Waals surface area (Å²) in [6.45, 7) is 5.08. The molecule has 0 fully saturated rings.